The average molecular weight is 449 g/mol. The number of nitro benzene ring substituents is 1. The summed E-state index contributed by atoms with van der Waals surface area (Å²) in [6, 6.07) is 15.2. The predicted molar refractivity (Wildman–Crippen MR) is 118 cm³/mol. The Bertz CT molecular complexity index is 1240. The van der Waals surface area contributed by atoms with E-state index in [0.29, 0.717) is 16.8 Å². The molecule has 0 spiro atoms. The van der Waals surface area contributed by atoms with Crippen molar-refractivity contribution in [3.63, 3.8) is 0 Å². The van der Waals surface area contributed by atoms with Crippen molar-refractivity contribution < 1.29 is 24.4 Å². The first-order valence-corrected chi connectivity index (χ1v) is 10.1. The van der Waals surface area contributed by atoms with Crippen molar-refractivity contribution in [1.29, 1.82) is 0 Å². The van der Waals surface area contributed by atoms with Crippen molar-refractivity contribution >= 4 is 34.7 Å². The van der Waals surface area contributed by atoms with Gasteiger partial charge in [-0.1, -0.05) is 36.4 Å². The molecule has 2 heterocycles. The van der Waals surface area contributed by atoms with Crippen LogP contribution in [0.3, 0.4) is 0 Å². The number of thioether (sulfide) groups is 1. The first-order chi connectivity index (χ1) is 15.4. The van der Waals surface area contributed by atoms with E-state index in [4.69, 9.17) is 4.74 Å². The zero-order valence-electron chi connectivity index (χ0n) is 16.3. The lowest BCUT2D eigenvalue weighted by atomic mass is 10.1. The van der Waals surface area contributed by atoms with Crippen molar-refractivity contribution in [2.24, 2.45) is 0 Å². The number of phenols is 1. The van der Waals surface area contributed by atoms with Gasteiger partial charge in [-0.15, -0.1) is 0 Å². The molecule has 3 aromatic rings. The van der Waals surface area contributed by atoms with Crippen LogP contribution < -0.4 is 10.1 Å². The number of nitrogens with zero attached hydrogens (tertiary/aromatic N) is 2. The third-order valence-corrected chi connectivity index (χ3v) is 5.32. The minimum absolute atomic E-state index is 0.0383. The molecule has 2 amide bonds. The Labute approximate surface area is 185 Å². The quantitative estimate of drug-likeness (QED) is 0.324. The molecule has 0 aliphatic carbocycles. The van der Waals surface area contributed by atoms with E-state index in [1.807, 2.05) is 30.3 Å². The number of aromatic hydroxyl groups is 1. The highest BCUT2D eigenvalue weighted by Crippen LogP contribution is 2.40. The molecular weight excluding hydrogens is 434 g/mol. The van der Waals surface area contributed by atoms with Crippen LogP contribution >= 0.6 is 11.8 Å². The lowest BCUT2D eigenvalue weighted by Crippen LogP contribution is -2.17. The molecule has 2 aromatic carbocycles. The second kappa shape index (κ2) is 8.90. The molecule has 10 heteroatoms. The summed E-state index contributed by atoms with van der Waals surface area (Å²) in [5.41, 5.74) is 1.69. The van der Waals surface area contributed by atoms with Crippen LogP contribution in [0, 0.1) is 10.1 Å². The van der Waals surface area contributed by atoms with Crippen LogP contribution in [0.5, 0.6) is 11.5 Å². The van der Waals surface area contributed by atoms with Crippen LogP contribution in [0.4, 0.5) is 10.5 Å². The van der Waals surface area contributed by atoms with Gasteiger partial charge in [0.15, 0.2) is 5.75 Å². The summed E-state index contributed by atoms with van der Waals surface area (Å²) < 4.78 is 5.64. The largest absolute Gasteiger partial charge is 0.500 e. The zero-order valence-corrected chi connectivity index (χ0v) is 17.2. The Morgan fingerprint density at radius 2 is 1.94 bits per heavy atom. The summed E-state index contributed by atoms with van der Waals surface area (Å²) in [6.45, 7) is 0.118. The van der Waals surface area contributed by atoms with Gasteiger partial charge >= 0.3 is 5.69 Å². The predicted octanol–water partition coefficient (Wildman–Crippen LogP) is 4.27. The number of nitrogens with one attached hydrogen (secondary N) is 1. The van der Waals surface area contributed by atoms with Crippen LogP contribution in [-0.4, -0.2) is 26.2 Å². The average Bonchev–Trinajstić information content (AvgIpc) is 3.10. The van der Waals surface area contributed by atoms with Crippen molar-refractivity contribution in [3.05, 3.63) is 86.9 Å². The smallest absolute Gasteiger partial charge is 0.315 e. The molecule has 0 saturated carbocycles. The third kappa shape index (κ3) is 4.60. The van der Waals surface area contributed by atoms with Gasteiger partial charge in [-0.2, -0.15) is 0 Å². The molecule has 0 radical (unpaired) electrons. The van der Waals surface area contributed by atoms with E-state index in [1.165, 1.54) is 24.4 Å². The number of rotatable bonds is 6. The van der Waals surface area contributed by atoms with E-state index >= 15 is 0 Å². The molecule has 1 aliphatic rings. The number of hydrogen-bond donors (Lipinski definition) is 2. The van der Waals surface area contributed by atoms with Crippen LogP contribution in [-0.2, 0) is 11.4 Å². The number of ether oxygens (including phenoxy) is 1. The molecule has 32 heavy (non-hydrogen) atoms. The van der Waals surface area contributed by atoms with Gasteiger partial charge in [0, 0.05) is 17.8 Å². The summed E-state index contributed by atoms with van der Waals surface area (Å²) in [7, 11) is 0. The molecule has 1 saturated heterocycles. The summed E-state index contributed by atoms with van der Waals surface area (Å²) in [6.07, 6.45) is 3.00. The number of nitro groups is 1. The lowest BCUT2D eigenvalue weighted by molar-refractivity contribution is -0.385. The fourth-order valence-electron chi connectivity index (χ4n) is 2.96. The molecule has 2 N–H and O–H groups in total. The number of benzene rings is 2. The van der Waals surface area contributed by atoms with Crippen molar-refractivity contribution in [1.82, 2.24) is 10.3 Å². The van der Waals surface area contributed by atoms with Gasteiger partial charge in [-0.3, -0.25) is 30.0 Å². The molecule has 1 aromatic heterocycles. The third-order valence-electron chi connectivity index (χ3n) is 4.51. The maximum Gasteiger partial charge on any atom is 0.315 e. The zero-order chi connectivity index (χ0) is 22.7. The summed E-state index contributed by atoms with van der Waals surface area (Å²) in [5, 5.41) is 23.5. The highest BCUT2D eigenvalue weighted by atomic mass is 32.2. The van der Waals surface area contributed by atoms with Crippen LogP contribution in [0.1, 0.15) is 11.1 Å². The van der Waals surface area contributed by atoms with E-state index in [0.717, 1.165) is 17.3 Å². The molecule has 160 valence electrons. The number of imide groups is 1. The van der Waals surface area contributed by atoms with Crippen LogP contribution in [0.15, 0.2) is 65.7 Å². The summed E-state index contributed by atoms with van der Waals surface area (Å²) in [4.78, 5) is 38.2. The van der Waals surface area contributed by atoms with Gasteiger partial charge in [0.1, 0.15) is 6.61 Å². The van der Waals surface area contributed by atoms with E-state index < -0.39 is 27.5 Å². The second-order valence-electron chi connectivity index (χ2n) is 6.70. The maximum atomic E-state index is 11.7. The normalized spacial score (nSPS) is 14.4. The summed E-state index contributed by atoms with van der Waals surface area (Å²) in [5.74, 6) is -1.08. The number of pyridine rings is 1. The highest BCUT2D eigenvalue weighted by molar-refractivity contribution is 8.18. The Kier molecular flexibility index (Phi) is 5.86. The van der Waals surface area contributed by atoms with Crippen molar-refractivity contribution in [3.8, 4) is 22.8 Å². The van der Waals surface area contributed by atoms with Gasteiger partial charge in [0.25, 0.3) is 11.1 Å². The number of phenolic OH excluding ortho intramolecular Hbond substituents is 1. The fraction of sp³-hybridized carbons (Fsp3) is 0.0455. The first kappa shape index (κ1) is 21.1. The van der Waals surface area contributed by atoms with Gasteiger partial charge in [-0.25, -0.2) is 0 Å². The van der Waals surface area contributed by atoms with E-state index in [1.54, 1.807) is 12.1 Å². The molecular formula is C22H15N3O6S. The molecule has 1 aliphatic heterocycles. The molecule has 0 atom stereocenters. The first-order valence-electron chi connectivity index (χ1n) is 9.30. The van der Waals surface area contributed by atoms with Crippen molar-refractivity contribution in [2.45, 2.75) is 6.61 Å². The molecule has 4 rings (SSSR count). The Hall–Kier alpha value is -4.18. The fourth-order valence-corrected chi connectivity index (χ4v) is 3.64. The number of amides is 2. The standard InChI is InChI=1S/C22H15N3O6S/c26-20-17(25(29)30)9-15(10-18(20)31-12-13-4-2-1-3-5-13)16-7-6-14(11-23-16)8-19-21(27)24-22(28)32-19/h1-11,26H,12H2,(H,24,27,28). The molecule has 0 unspecified atom stereocenters. The minimum Gasteiger partial charge on any atom is -0.500 e. The number of hydrogen-bond acceptors (Lipinski definition) is 8. The lowest BCUT2D eigenvalue weighted by Gasteiger charge is -2.11. The van der Waals surface area contributed by atoms with Gasteiger partial charge < -0.3 is 9.84 Å². The van der Waals surface area contributed by atoms with Gasteiger partial charge in [0.2, 0.25) is 5.75 Å². The minimum atomic E-state index is -0.695. The molecule has 0 bridgehead atoms. The SMILES string of the molecule is O=C1NC(=O)C(=Cc2ccc(-c3cc(OCc4ccccc4)c(O)c([N+](=O)[O-])c3)nc2)S1. The number of aromatic nitrogens is 1. The number of carbonyl (C=O) groups excluding carboxylic acids is 2. The monoisotopic (exact) mass is 449 g/mol. The van der Waals surface area contributed by atoms with E-state index in [9.17, 15) is 24.8 Å². The molecule has 9 nitrogen and oxygen atoms in total. The second-order valence-corrected chi connectivity index (χ2v) is 7.72. The van der Waals surface area contributed by atoms with Crippen LogP contribution in [0.25, 0.3) is 17.3 Å². The van der Waals surface area contributed by atoms with Gasteiger partial charge in [-0.05, 0) is 41.1 Å². The van der Waals surface area contributed by atoms with E-state index in [-0.39, 0.29) is 17.3 Å². The Balaban J connectivity index is 1.63. The maximum absolute atomic E-state index is 11.7. The van der Waals surface area contributed by atoms with E-state index in [2.05, 4.69) is 10.3 Å². The highest BCUT2D eigenvalue weighted by Gasteiger charge is 2.25. The van der Waals surface area contributed by atoms with Crippen LogP contribution in [0.2, 0.25) is 0 Å². The molecule has 1 fully saturated rings. The number of carbonyl (C=O) groups is 2. The Morgan fingerprint density at radius 1 is 1.16 bits per heavy atom. The Morgan fingerprint density at radius 3 is 2.56 bits per heavy atom. The van der Waals surface area contributed by atoms with Crippen molar-refractivity contribution in [2.75, 3.05) is 0 Å². The summed E-state index contributed by atoms with van der Waals surface area (Å²) >= 11 is 0.796. The topological polar surface area (TPSA) is 132 Å². The van der Waals surface area contributed by atoms with Gasteiger partial charge in [0.05, 0.1) is 15.5 Å².